The highest BCUT2D eigenvalue weighted by molar-refractivity contribution is 5.72. The molecule has 0 bridgehead atoms. The molecule has 2 aliphatic rings. The van der Waals surface area contributed by atoms with E-state index in [0.29, 0.717) is 19.0 Å². The van der Waals surface area contributed by atoms with Gasteiger partial charge in [-0.2, -0.15) is 0 Å². The Balaban J connectivity index is 1.54. The number of hydrogen-bond acceptors (Lipinski definition) is 6. The van der Waals surface area contributed by atoms with Crippen molar-refractivity contribution in [2.75, 3.05) is 20.2 Å². The SMILES string of the molecule is COc1ccc(C[C@H]2NC[C@H](O)C2OC(=O)CNC2CC2)cc1. The maximum absolute atomic E-state index is 11.9. The maximum atomic E-state index is 11.9. The lowest BCUT2D eigenvalue weighted by atomic mass is 10.0. The molecular weight excluding hydrogens is 296 g/mol. The Morgan fingerprint density at radius 2 is 2.09 bits per heavy atom. The predicted octanol–water partition coefficient (Wildman–Crippen LogP) is 0.234. The van der Waals surface area contributed by atoms with Crippen molar-refractivity contribution >= 4 is 5.97 Å². The van der Waals surface area contributed by atoms with Gasteiger partial charge in [0.25, 0.3) is 0 Å². The molecule has 1 aromatic carbocycles. The molecule has 0 radical (unpaired) electrons. The summed E-state index contributed by atoms with van der Waals surface area (Å²) in [4.78, 5) is 11.9. The van der Waals surface area contributed by atoms with Gasteiger partial charge in [-0.05, 0) is 37.0 Å². The molecule has 0 amide bonds. The highest BCUT2D eigenvalue weighted by Crippen LogP contribution is 2.20. The van der Waals surface area contributed by atoms with E-state index < -0.39 is 12.2 Å². The molecule has 1 unspecified atom stereocenters. The van der Waals surface area contributed by atoms with E-state index in [-0.39, 0.29) is 18.6 Å². The third kappa shape index (κ3) is 4.43. The van der Waals surface area contributed by atoms with Gasteiger partial charge in [-0.15, -0.1) is 0 Å². The van der Waals surface area contributed by atoms with Crippen LogP contribution in [0.4, 0.5) is 0 Å². The lowest BCUT2D eigenvalue weighted by Crippen LogP contribution is -2.41. The van der Waals surface area contributed by atoms with Crippen LogP contribution >= 0.6 is 0 Å². The van der Waals surface area contributed by atoms with Gasteiger partial charge >= 0.3 is 5.97 Å². The zero-order valence-electron chi connectivity index (χ0n) is 13.3. The van der Waals surface area contributed by atoms with Gasteiger partial charge in [0.2, 0.25) is 0 Å². The summed E-state index contributed by atoms with van der Waals surface area (Å²) >= 11 is 0. The van der Waals surface area contributed by atoms with Crippen molar-refractivity contribution in [2.24, 2.45) is 0 Å². The second kappa shape index (κ2) is 7.29. The number of carbonyl (C=O) groups excluding carboxylic acids is 1. The van der Waals surface area contributed by atoms with Gasteiger partial charge < -0.3 is 25.2 Å². The standard InChI is InChI=1S/C17H24N2O4/c1-22-13-6-2-11(3-7-13)8-14-17(15(20)9-19-14)23-16(21)10-18-12-4-5-12/h2-3,6-7,12,14-15,17-20H,4-5,8-10H2,1H3/t14-,15+,17?/m1/s1. The summed E-state index contributed by atoms with van der Waals surface area (Å²) in [5.41, 5.74) is 1.11. The number of rotatable bonds is 7. The van der Waals surface area contributed by atoms with Crippen molar-refractivity contribution in [1.29, 1.82) is 0 Å². The Hall–Kier alpha value is -1.63. The van der Waals surface area contributed by atoms with E-state index in [4.69, 9.17) is 9.47 Å². The number of esters is 1. The van der Waals surface area contributed by atoms with Crippen LogP contribution in [0.25, 0.3) is 0 Å². The summed E-state index contributed by atoms with van der Waals surface area (Å²) in [6, 6.07) is 8.16. The molecule has 3 rings (SSSR count). The lowest BCUT2D eigenvalue weighted by molar-refractivity contribution is -0.152. The highest BCUT2D eigenvalue weighted by atomic mass is 16.6. The zero-order chi connectivity index (χ0) is 16.2. The molecule has 3 N–H and O–H groups in total. The number of β-amino-alcohol motifs (C(OH)–C–C–N with tert-alkyl or cyclic N) is 1. The molecule has 1 aliphatic heterocycles. The van der Waals surface area contributed by atoms with Gasteiger partial charge in [0, 0.05) is 12.6 Å². The van der Waals surface area contributed by atoms with Gasteiger partial charge in [-0.1, -0.05) is 12.1 Å². The van der Waals surface area contributed by atoms with Gasteiger partial charge in [0.05, 0.1) is 19.7 Å². The fourth-order valence-electron chi connectivity index (χ4n) is 2.85. The average Bonchev–Trinajstić information content (AvgIpc) is 3.34. The van der Waals surface area contributed by atoms with E-state index in [1.54, 1.807) is 7.11 Å². The van der Waals surface area contributed by atoms with Crippen LogP contribution in [-0.2, 0) is 16.0 Å². The normalized spacial score (nSPS) is 27.0. The maximum Gasteiger partial charge on any atom is 0.320 e. The van der Waals surface area contributed by atoms with Crippen LogP contribution < -0.4 is 15.4 Å². The topological polar surface area (TPSA) is 79.8 Å². The van der Waals surface area contributed by atoms with E-state index in [1.165, 1.54) is 0 Å². The Kier molecular flexibility index (Phi) is 5.15. The Bertz CT molecular complexity index is 530. The lowest BCUT2D eigenvalue weighted by Gasteiger charge is -2.22. The molecule has 1 saturated heterocycles. The number of ether oxygens (including phenoxy) is 2. The summed E-state index contributed by atoms with van der Waals surface area (Å²) in [5, 5.41) is 16.4. The van der Waals surface area contributed by atoms with Gasteiger partial charge in [-0.25, -0.2) is 0 Å². The highest BCUT2D eigenvalue weighted by Gasteiger charge is 2.37. The molecule has 1 aliphatic carbocycles. The van der Waals surface area contributed by atoms with Gasteiger partial charge in [0.1, 0.15) is 18.0 Å². The van der Waals surface area contributed by atoms with Crippen molar-refractivity contribution < 1.29 is 19.4 Å². The third-order valence-corrected chi connectivity index (χ3v) is 4.36. The van der Waals surface area contributed by atoms with E-state index in [2.05, 4.69) is 10.6 Å². The summed E-state index contributed by atoms with van der Waals surface area (Å²) in [5.74, 6) is 0.506. The van der Waals surface area contributed by atoms with Crippen LogP contribution in [0.3, 0.4) is 0 Å². The quantitative estimate of drug-likeness (QED) is 0.624. The molecular formula is C17H24N2O4. The van der Waals surface area contributed by atoms with Crippen LogP contribution in [0, 0.1) is 0 Å². The minimum atomic E-state index is -0.664. The van der Waals surface area contributed by atoms with Crippen LogP contribution in [0.5, 0.6) is 5.75 Å². The first-order valence-electron chi connectivity index (χ1n) is 8.13. The zero-order valence-corrected chi connectivity index (χ0v) is 13.3. The second-order valence-corrected chi connectivity index (χ2v) is 6.24. The van der Waals surface area contributed by atoms with Crippen LogP contribution in [-0.4, -0.2) is 55.6 Å². The molecule has 1 aromatic rings. The number of aliphatic hydroxyl groups is 1. The van der Waals surface area contributed by atoms with E-state index in [1.807, 2.05) is 24.3 Å². The number of nitrogens with one attached hydrogen (secondary N) is 2. The average molecular weight is 320 g/mol. The van der Waals surface area contributed by atoms with Crippen LogP contribution in [0.2, 0.25) is 0 Å². The van der Waals surface area contributed by atoms with E-state index in [9.17, 15) is 9.90 Å². The van der Waals surface area contributed by atoms with Crippen LogP contribution in [0.1, 0.15) is 18.4 Å². The smallest absolute Gasteiger partial charge is 0.320 e. The van der Waals surface area contributed by atoms with E-state index >= 15 is 0 Å². The van der Waals surface area contributed by atoms with Crippen LogP contribution in [0.15, 0.2) is 24.3 Å². The molecule has 0 spiro atoms. The summed E-state index contributed by atoms with van der Waals surface area (Å²) < 4.78 is 10.6. The Labute approximate surface area is 136 Å². The molecule has 126 valence electrons. The number of aliphatic hydroxyl groups excluding tert-OH is 1. The Morgan fingerprint density at radius 3 is 2.74 bits per heavy atom. The van der Waals surface area contributed by atoms with Crippen molar-refractivity contribution in [1.82, 2.24) is 10.6 Å². The molecule has 1 saturated carbocycles. The molecule has 23 heavy (non-hydrogen) atoms. The number of carbonyl (C=O) groups is 1. The summed E-state index contributed by atoms with van der Waals surface area (Å²) in [7, 11) is 1.63. The first-order chi connectivity index (χ1) is 11.2. The first-order valence-corrected chi connectivity index (χ1v) is 8.13. The number of benzene rings is 1. The molecule has 6 heteroatoms. The third-order valence-electron chi connectivity index (χ3n) is 4.36. The summed E-state index contributed by atoms with van der Waals surface area (Å²) in [6.45, 7) is 0.651. The largest absolute Gasteiger partial charge is 0.497 e. The molecule has 6 nitrogen and oxygen atoms in total. The van der Waals surface area contributed by atoms with Crippen molar-refractivity contribution in [3.8, 4) is 5.75 Å². The number of methoxy groups -OCH3 is 1. The summed E-state index contributed by atoms with van der Waals surface area (Å²) in [6.07, 6.45) is 1.77. The predicted molar refractivity (Wildman–Crippen MR) is 85.4 cm³/mol. The molecule has 2 fully saturated rings. The van der Waals surface area contributed by atoms with Crippen molar-refractivity contribution in [3.63, 3.8) is 0 Å². The first kappa shape index (κ1) is 16.2. The van der Waals surface area contributed by atoms with Crippen molar-refractivity contribution in [3.05, 3.63) is 29.8 Å². The fraction of sp³-hybridized carbons (Fsp3) is 0.588. The number of hydrogen-bond donors (Lipinski definition) is 3. The van der Waals surface area contributed by atoms with E-state index in [0.717, 1.165) is 24.2 Å². The Morgan fingerprint density at radius 1 is 1.35 bits per heavy atom. The molecule has 3 atom stereocenters. The second-order valence-electron chi connectivity index (χ2n) is 6.24. The molecule has 0 aromatic heterocycles. The molecule has 1 heterocycles. The minimum Gasteiger partial charge on any atom is -0.497 e. The van der Waals surface area contributed by atoms with Crippen molar-refractivity contribution in [2.45, 2.75) is 43.6 Å². The fourth-order valence-corrected chi connectivity index (χ4v) is 2.85. The van der Waals surface area contributed by atoms with Gasteiger partial charge in [-0.3, -0.25) is 4.79 Å². The minimum absolute atomic E-state index is 0.0803. The monoisotopic (exact) mass is 320 g/mol. The van der Waals surface area contributed by atoms with Gasteiger partial charge in [0.15, 0.2) is 0 Å².